The van der Waals surface area contributed by atoms with Crippen LogP contribution in [0.4, 0.5) is 5.69 Å². The SMILES string of the molecule is C[C@H]1CC[C@H]2C(C)(C)[C@H](Br)CC[C@]23Oc2c4c(cc([N+](=O)[O-])c2C[C@]13C)C(=O)NC4. The van der Waals surface area contributed by atoms with Gasteiger partial charge in [0.2, 0.25) is 0 Å². The molecule has 4 aliphatic rings. The van der Waals surface area contributed by atoms with Crippen LogP contribution in [-0.4, -0.2) is 21.3 Å². The van der Waals surface area contributed by atoms with Crippen molar-refractivity contribution >= 4 is 27.5 Å². The molecule has 5 atom stereocenters. The van der Waals surface area contributed by atoms with Gasteiger partial charge in [-0.25, -0.2) is 0 Å². The van der Waals surface area contributed by atoms with Crippen LogP contribution in [-0.2, 0) is 13.0 Å². The van der Waals surface area contributed by atoms with Crippen LogP contribution in [0.15, 0.2) is 6.07 Å². The zero-order valence-electron chi connectivity index (χ0n) is 18.0. The number of hydrogen-bond acceptors (Lipinski definition) is 4. The van der Waals surface area contributed by atoms with Crippen molar-refractivity contribution in [3.8, 4) is 5.75 Å². The summed E-state index contributed by atoms with van der Waals surface area (Å²) in [6.45, 7) is 9.61. The van der Waals surface area contributed by atoms with Gasteiger partial charge in [-0.1, -0.05) is 43.6 Å². The lowest BCUT2D eigenvalue weighted by Gasteiger charge is -2.67. The lowest BCUT2D eigenvalue weighted by atomic mass is 9.44. The van der Waals surface area contributed by atoms with Gasteiger partial charge in [0.1, 0.15) is 11.4 Å². The standard InChI is InChI=1S/C23H29BrN2O4/c1-12-5-6-17-21(2,3)18(24)7-8-23(17)22(12,4)10-14-16(26(28)29)9-13-15(19(14)30-23)11-25-20(13)27/h9,12,17-18H,5-8,10-11H2,1-4H3,(H,25,27)/t12-,17-,18+,22+,23-/m0/s1. The van der Waals surface area contributed by atoms with Crippen LogP contribution in [0.3, 0.4) is 0 Å². The van der Waals surface area contributed by atoms with E-state index in [2.05, 4.69) is 48.9 Å². The summed E-state index contributed by atoms with van der Waals surface area (Å²) < 4.78 is 7.05. The Morgan fingerprint density at radius 1 is 1.23 bits per heavy atom. The van der Waals surface area contributed by atoms with Gasteiger partial charge in [0, 0.05) is 34.3 Å². The Kier molecular flexibility index (Phi) is 4.20. The fourth-order valence-corrected chi connectivity index (χ4v) is 7.64. The number of alkyl halides is 1. The lowest BCUT2D eigenvalue weighted by Crippen LogP contribution is -2.69. The molecule has 1 spiro atoms. The van der Waals surface area contributed by atoms with Gasteiger partial charge < -0.3 is 10.1 Å². The van der Waals surface area contributed by atoms with E-state index in [4.69, 9.17) is 4.74 Å². The number of carbonyl (C=O) groups excluding carboxylic acids is 1. The molecule has 30 heavy (non-hydrogen) atoms. The smallest absolute Gasteiger partial charge is 0.277 e. The third-order valence-electron chi connectivity index (χ3n) is 9.14. The molecule has 6 nitrogen and oxygen atoms in total. The minimum Gasteiger partial charge on any atom is -0.485 e. The molecule has 2 fully saturated rings. The van der Waals surface area contributed by atoms with Gasteiger partial charge in [-0.15, -0.1) is 0 Å². The average molecular weight is 477 g/mol. The van der Waals surface area contributed by atoms with E-state index in [1.54, 1.807) is 0 Å². The highest BCUT2D eigenvalue weighted by molar-refractivity contribution is 9.09. The number of amides is 1. The van der Waals surface area contributed by atoms with E-state index in [-0.39, 0.29) is 32.9 Å². The number of nitro benzene ring substituents is 1. The van der Waals surface area contributed by atoms with Gasteiger partial charge in [0.15, 0.2) is 0 Å². The van der Waals surface area contributed by atoms with Crippen LogP contribution in [0.1, 0.15) is 74.9 Å². The van der Waals surface area contributed by atoms with Crippen LogP contribution < -0.4 is 10.1 Å². The second-order valence-electron chi connectivity index (χ2n) is 10.6. The highest BCUT2D eigenvalue weighted by Crippen LogP contribution is 2.67. The van der Waals surface area contributed by atoms with E-state index in [0.717, 1.165) is 31.2 Å². The Morgan fingerprint density at radius 2 is 1.97 bits per heavy atom. The molecule has 1 aromatic rings. The second kappa shape index (κ2) is 6.21. The molecule has 162 valence electrons. The average Bonchev–Trinajstić information content (AvgIpc) is 3.05. The van der Waals surface area contributed by atoms with Crippen molar-refractivity contribution in [1.82, 2.24) is 5.32 Å². The zero-order valence-corrected chi connectivity index (χ0v) is 19.6. The number of benzene rings is 1. The van der Waals surface area contributed by atoms with Gasteiger partial charge in [-0.2, -0.15) is 0 Å². The molecule has 1 aromatic carbocycles. The maximum Gasteiger partial charge on any atom is 0.277 e. The van der Waals surface area contributed by atoms with E-state index in [9.17, 15) is 14.9 Å². The van der Waals surface area contributed by atoms with E-state index in [0.29, 0.717) is 46.5 Å². The maximum atomic E-state index is 12.4. The van der Waals surface area contributed by atoms with Gasteiger partial charge in [0.25, 0.3) is 11.6 Å². The van der Waals surface area contributed by atoms with E-state index in [1.807, 2.05) is 0 Å². The second-order valence-corrected chi connectivity index (χ2v) is 11.7. The molecule has 1 amide bonds. The topological polar surface area (TPSA) is 81.5 Å². The number of fused-ring (bicyclic) bond motifs is 3. The Labute approximate surface area is 185 Å². The predicted octanol–water partition coefficient (Wildman–Crippen LogP) is 5.15. The first kappa shape index (κ1) is 20.3. The molecule has 0 bridgehead atoms. The molecule has 1 N–H and O–H groups in total. The fraction of sp³-hybridized carbons (Fsp3) is 0.696. The first-order valence-corrected chi connectivity index (χ1v) is 11.9. The Balaban J connectivity index is 1.76. The summed E-state index contributed by atoms with van der Waals surface area (Å²) in [7, 11) is 0. The quantitative estimate of drug-likeness (QED) is 0.345. The highest BCUT2D eigenvalue weighted by atomic mass is 79.9. The molecule has 7 heteroatoms. The molecule has 0 radical (unpaired) electrons. The van der Waals surface area contributed by atoms with Gasteiger partial charge in [-0.3, -0.25) is 14.9 Å². The molecule has 2 heterocycles. The van der Waals surface area contributed by atoms with Crippen molar-refractivity contribution in [3.05, 3.63) is 32.9 Å². The monoisotopic (exact) mass is 476 g/mol. The Bertz CT molecular complexity index is 976. The van der Waals surface area contributed by atoms with Crippen LogP contribution in [0.5, 0.6) is 5.75 Å². The third-order valence-corrected chi connectivity index (χ3v) is 10.8. The first-order valence-electron chi connectivity index (χ1n) is 11.0. The van der Waals surface area contributed by atoms with Crippen molar-refractivity contribution in [2.45, 2.75) is 76.8 Å². The fourth-order valence-electron chi connectivity index (χ4n) is 7.09. The number of nitro groups is 1. The van der Waals surface area contributed by atoms with Crippen LogP contribution in [0.2, 0.25) is 0 Å². The van der Waals surface area contributed by atoms with E-state index >= 15 is 0 Å². The summed E-state index contributed by atoms with van der Waals surface area (Å²) in [5.74, 6) is 1.11. The first-order chi connectivity index (χ1) is 14.0. The van der Waals surface area contributed by atoms with Crippen LogP contribution in [0, 0.1) is 32.8 Å². The molecule has 5 rings (SSSR count). The maximum absolute atomic E-state index is 12.4. The number of nitrogens with zero attached hydrogens (tertiary/aromatic N) is 1. The zero-order chi connectivity index (χ0) is 21.6. The number of nitrogens with one attached hydrogen (secondary N) is 1. The summed E-state index contributed by atoms with van der Waals surface area (Å²) in [6.07, 6.45) is 4.76. The molecule has 0 saturated heterocycles. The predicted molar refractivity (Wildman–Crippen MR) is 117 cm³/mol. The molecule has 0 unspecified atom stereocenters. The van der Waals surface area contributed by atoms with Crippen LogP contribution in [0.25, 0.3) is 0 Å². The summed E-state index contributed by atoms with van der Waals surface area (Å²) in [5.41, 5.74) is 1.38. The number of carbonyl (C=O) groups is 1. The summed E-state index contributed by atoms with van der Waals surface area (Å²) in [6, 6.07) is 1.46. The number of rotatable bonds is 1. The van der Waals surface area contributed by atoms with Gasteiger partial charge in [0.05, 0.1) is 16.1 Å². The highest BCUT2D eigenvalue weighted by Gasteiger charge is 2.68. The third kappa shape index (κ3) is 2.33. The summed E-state index contributed by atoms with van der Waals surface area (Å²) in [4.78, 5) is 24.4. The summed E-state index contributed by atoms with van der Waals surface area (Å²) >= 11 is 3.94. The van der Waals surface area contributed by atoms with Gasteiger partial charge >= 0.3 is 0 Å². The van der Waals surface area contributed by atoms with Gasteiger partial charge in [-0.05, 0) is 43.4 Å². The Hall–Kier alpha value is -1.63. The molecule has 2 saturated carbocycles. The normalized spacial score (nSPS) is 38.4. The van der Waals surface area contributed by atoms with Crippen LogP contribution >= 0.6 is 15.9 Å². The van der Waals surface area contributed by atoms with Crippen molar-refractivity contribution in [1.29, 1.82) is 0 Å². The molecule has 2 aliphatic heterocycles. The number of hydrogen-bond donors (Lipinski definition) is 1. The molecular weight excluding hydrogens is 448 g/mol. The van der Waals surface area contributed by atoms with E-state index in [1.165, 1.54) is 6.07 Å². The van der Waals surface area contributed by atoms with Crippen molar-refractivity contribution in [3.63, 3.8) is 0 Å². The molecule has 2 aliphatic carbocycles. The van der Waals surface area contributed by atoms with Crippen molar-refractivity contribution < 1.29 is 14.5 Å². The number of ether oxygens (including phenoxy) is 1. The van der Waals surface area contributed by atoms with E-state index < -0.39 is 0 Å². The Morgan fingerprint density at radius 3 is 2.67 bits per heavy atom. The minimum atomic E-state index is -0.375. The summed E-state index contributed by atoms with van der Waals surface area (Å²) in [5, 5.41) is 14.8. The number of halogens is 1. The molecule has 0 aromatic heterocycles. The minimum absolute atomic E-state index is 0.0274. The van der Waals surface area contributed by atoms with Crippen molar-refractivity contribution in [2.75, 3.05) is 0 Å². The van der Waals surface area contributed by atoms with Crippen molar-refractivity contribution in [2.24, 2.45) is 22.7 Å². The largest absolute Gasteiger partial charge is 0.485 e. The molecular formula is C23H29BrN2O4. The lowest BCUT2D eigenvalue weighted by molar-refractivity contribution is -0.386.